The van der Waals surface area contributed by atoms with E-state index in [0.29, 0.717) is 13.0 Å². The van der Waals surface area contributed by atoms with Crippen LogP contribution in [0.25, 0.3) is 0 Å². The Morgan fingerprint density at radius 2 is 1.53 bits per heavy atom. The van der Waals surface area contributed by atoms with Crippen LogP contribution in [0.1, 0.15) is 25.3 Å². The lowest BCUT2D eigenvalue weighted by molar-refractivity contribution is -0.137. The Bertz CT molecular complexity index is 794. The lowest BCUT2D eigenvalue weighted by Crippen LogP contribution is -2.54. The number of nitrogens with zero attached hydrogens (tertiary/aromatic N) is 5. The second kappa shape index (κ2) is 12.0. The third kappa shape index (κ3) is 6.69. The SMILES string of the molecule is CC1C(N2CCN(CCCC(=O)O)CC2)OC(=O)N1CCN1CCN(Cc2ccccc2)CC1. The van der Waals surface area contributed by atoms with Gasteiger partial charge in [-0.15, -0.1) is 0 Å². The number of aliphatic carboxylic acids is 1. The summed E-state index contributed by atoms with van der Waals surface area (Å²) in [6, 6.07) is 10.6. The van der Waals surface area contributed by atoms with Gasteiger partial charge in [0.05, 0.1) is 6.04 Å². The fourth-order valence-corrected chi connectivity index (χ4v) is 5.22. The van der Waals surface area contributed by atoms with E-state index >= 15 is 0 Å². The molecule has 3 saturated heterocycles. The van der Waals surface area contributed by atoms with E-state index in [-0.39, 0.29) is 24.8 Å². The highest BCUT2D eigenvalue weighted by atomic mass is 16.6. The van der Waals surface area contributed by atoms with Crippen molar-refractivity contribution in [2.24, 2.45) is 0 Å². The average molecular weight is 474 g/mol. The van der Waals surface area contributed by atoms with Crippen molar-refractivity contribution in [1.82, 2.24) is 24.5 Å². The van der Waals surface area contributed by atoms with E-state index in [0.717, 1.165) is 72.0 Å². The van der Waals surface area contributed by atoms with Crippen molar-refractivity contribution in [1.29, 1.82) is 0 Å². The molecule has 3 aliphatic heterocycles. The van der Waals surface area contributed by atoms with Crippen molar-refractivity contribution in [2.75, 3.05) is 72.0 Å². The molecule has 0 radical (unpaired) electrons. The minimum atomic E-state index is -0.737. The molecule has 9 heteroatoms. The van der Waals surface area contributed by atoms with Gasteiger partial charge in [0.25, 0.3) is 0 Å². The maximum absolute atomic E-state index is 12.6. The number of carbonyl (C=O) groups excluding carboxylic acids is 1. The van der Waals surface area contributed by atoms with Crippen LogP contribution in [-0.2, 0) is 16.1 Å². The number of benzene rings is 1. The number of carboxylic acids is 1. The molecule has 0 aliphatic carbocycles. The van der Waals surface area contributed by atoms with Gasteiger partial charge in [-0.05, 0) is 25.5 Å². The summed E-state index contributed by atoms with van der Waals surface area (Å²) in [4.78, 5) is 34.7. The normalized spacial score (nSPS) is 25.6. The molecule has 1 N–H and O–H groups in total. The van der Waals surface area contributed by atoms with Crippen molar-refractivity contribution >= 4 is 12.1 Å². The first-order valence-corrected chi connectivity index (χ1v) is 12.6. The van der Waals surface area contributed by atoms with Crippen LogP contribution in [-0.4, -0.2) is 126 Å². The predicted molar refractivity (Wildman–Crippen MR) is 129 cm³/mol. The average Bonchev–Trinajstić information content (AvgIpc) is 3.12. The van der Waals surface area contributed by atoms with Gasteiger partial charge >= 0.3 is 12.1 Å². The van der Waals surface area contributed by atoms with Gasteiger partial charge in [-0.2, -0.15) is 0 Å². The molecule has 3 fully saturated rings. The number of hydrogen-bond donors (Lipinski definition) is 1. The number of ether oxygens (including phenoxy) is 1. The fourth-order valence-electron chi connectivity index (χ4n) is 5.22. The zero-order valence-corrected chi connectivity index (χ0v) is 20.3. The van der Waals surface area contributed by atoms with E-state index in [4.69, 9.17) is 9.84 Å². The Balaban J connectivity index is 1.16. The monoisotopic (exact) mass is 473 g/mol. The molecule has 0 bridgehead atoms. The van der Waals surface area contributed by atoms with Crippen LogP contribution in [0.3, 0.4) is 0 Å². The standard InChI is InChI=1S/C25H39N5O4/c1-21-24(29-17-14-26(15-18-29)9-5-8-23(31)32)34-25(33)30(21)19-16-27-10-12-28(13-11-27)20-22-6-3-2-4-7-22/h2-4,6-7,21,24H,5,8-20H2,1H3,(H,31,32). The van der Waals surface area contributed by atoms with Gasteiger partial charge in [-0.1, -0.05) is 30.3 Å². The lowest BCUT2D eigenvalue weighted by Gasteiger charge is -2.38. The minimum Gasteiger partial charge on any atom is -0.481 e. The molecule has 1 aromatic carbocycles. The number of cyclic esters (lactones) is 1. The Morgan fingerprint density at radius 3 is 2.21 bits per heavy atom. The molecule has 2 unspecified atom stereocenters. The Hall–Kier alpha value is -2.20. The highest BCUT2D eigenvalue weighted by molar-refractivity contribution is 5.70. The van der Waals surface area contributed by atoms with Gasteiger partial charge < -0.3 is 14.7 Å². The number of hydrogen-bond acceptors (Lipinski definition) is 7. The van der Waals surface area contributed by atoms with E-state index in [1.54, 1.807) is 0 Å². The molecular weight excluding hydrogens is 434 g/mol. The summed E-state index contributed by atoms with van der Waals surface area (Å²) in [5, 5.41) is 8.82. The van der Waals surface area contributed by atoms with Gasteiger partial charge in [0.15, 0.2) is 6.23 Å². The molecule has 0 spiro atoms. The summed E-state index contributed by atoms with van der Waals surface area (Å²) in [6.07, 6.45) is 0.493. The molecule has 0 saturated carbocycles. The molecule has 1 amide bonds. The third-order valence-electron chi connectivity index (χ3n) is 7.36. The topological polar surface area (TPSA) is 79.8 Å². The van der Waals surface area contributed by atoms with Gasteiger partial charge in [0.2, 0.25) is 0 Å². The van der Waals surface area contributed by atoms with E-state index < -0.39 is 5.97 Å². The first kappa shape index (κ1) is 24.9. The maximum Gasteiger partial charge on any atom is 0.411 e. The Kier molecular flexibility index (Phi) is 8.77. The lowest BCUT2D eigenvalue weighted by atomic mass is 10.2. The smallest absolute Gasteiger partial charge is 0.411 e. The minimum absolute atomic E-state index is 0.0328. The van der Waals surface area contributed by atoms with Gasteiger partial charge in [-0.3, -0.25) is 24.4 Å². The van der Waals surface area contributed by atoms with Crippen molar-refractivity contribution in [3.05, 3.63) is 35.9 Å². The van der Waals surface area contributed by atoms with Crippen molar-refractivity contribution in [3.8, 4) is 0 Å². The van der Waals surface area contributed by atoms with Crippen molar-refractivity contribution < 1.29 is 19.4 Å². The molecule has 1 aromatic rings. The number of piperazine rings is 2. The summed E-state index contributed by atoms with van der Waals surface area (Å²) in [5.74, 6) is -0.737. The van der Waals surface area contributed by atoms with E-state index in [2.05, 4.69) is 56.9 Å². The summed E-state index contributed by atoms with van der Waals surface area (Å²) < 4.78 is 5.79. The largest absolute Gasteiger partial charge is 0.481 e. The highest BCUT2D eigenvalue weighted by Crippen LogP contribution is 2.23. The Morgan fingerprint density at radius 1 is 0.912 bits per heavy atom. The second-order valence-corrected chi connectivity index (χ2v) is 9.69. The quantitative estimate of drug-likeness (QED) is 0.547. The molecule has 34 heavy (non-hydrogen) atoms. The first-order valence-electron chi connectivity index (χ1n) is 12.6. The predicted octanol–water partition coefficient (Wildman–Crippen LogP) is 1.45. The molecule has 0 aromatic heterocycles. The van der Waals surface area contributed by atoms with Crippen LogP contribution in [0, 0.1) is 0 Å². The van der Waals surface area contributed by atoms with Gasteiger partial charge in [-0.25, -0.2) is 4.79 Å². The zero-order valence-electron chi connectivity index (χ0n) is 20.3. The zero-order chi connectivity index (χ0) is 23.9. The van der Waals surface area contributed by atoms with Gasteiger partial charge in [0, 0.05) is 78.4 Å². The summed E-state index contributed by atoms with van der Waals surface area (Å²) >= 11 is 0. The van der Waals surface area contributed by atoms with Crippen LogP contribution in [0.15, 0.2) is 30.3 Å². The van der Waals surface area contributed by atoms with Crippen LogP contribution in [0.4, 0.5) is 4.79 Å². The molecule has 3 aliphatic rings. The summed E-state index contributed by atoms with van der Waals surface area (Å²) in [5.41, 5.74) is 1.36. The summed E-state index contributed by atoms with van der Waals surface area (Å²) in [6.45, 7) is 13.1. The second-order valence-electron chi connectivity index (χ2n) is 9.69. The number of amides is 1. The molecule has 2 atom stereocenters. The van der Waals surface area contributed by atoms with Crippen LogP contribution < -0.4 is 0 Å². The molecule has 3 heterocycles. The Labute approximate surface area is 202 Å². The van der Waals surface area contributed by atoms with Crippen molar-refractivity contribution in [3.63, 3.8) is 0 Å². The van der Waals surface area contributed by atoms with E-state index in [1.165, 1.54) is 5.56 Å². The molecule has 4 rings (SSSR count). The van der Waals surface area contributed by atoms with E-state index in [9.17, 15) is 9.59 Å². The van der Waals surface area contributed by atoms with Crippen molar-refractivity contribution in [2.45, 2.75) is 38.6 Å². The third-order valence-corrected chi connectivity index (χ3v) is 7.36. The first-order chi connectivity index (χ1) is 16.5. The number of carboxylic acid groups (broad SMARTS) is 1. The fraction of sp³-hybridized carbons (Fsp3) is 0.680. The molecular formula is C25H39N5O4. The van der Waals surface area contributed by atoms with Gasteiger partial charge in [0.1, 0.15) is 0 Å². The molecule has 188 valence electrons. The number of carbonyl (C=O) groups is 2. The maximum atomic E-state index is 12.6. The molecule has 9 nitrogen and oxygen atoms in total. The van der Waals surface area contributed by atoms with Crippen LogP contribution >= 0.6 is 0 Å². The van der Waals surface area contributed by atoms with E-state index in [1.807, 2.05) is 4.90 Å². The van der Waals surface area contributed by atoms with Crippen LogP contribution in [0.5, 0.6) is 0 Å². The van der Waals surface area contributed by atoms with Crippen LogP contribution in [0.2, 0.25) is 0 Å². The summed E-state index contributed by atoms with van der Waals surface area (Å²) in [7, 11) is 0. The number of rotatable bonds is 10. The highest BCUT2D eigenvalue weighted by Gasteiger charge is 2.42.